The quantitative estimate of drug-likeness (QED) is 0.556. The molecular formula is C18H10BrCl2N5O2. The molecule has 0 saturated carbocycles. The fourth-order valence-electron chi connectivity index (χ4n) is 2.56. The molecule has 7 nitrogen and oxygen atoms in total. The molecule has 0 bridgehead atoms. The highest BCUT2D eigenvalue weighted by Crippen LogP contribution is 2.27. The van der Waals surface area contributed by atoms with E-state index in [0.29, 0.717) is 15.2 Å². The lowest BCUT2D eigenvalue weighted by molar-refractivity contribution is 0.101. The van der Waals surface area contributed by atoms with E-state index in [1.165, 1.54) is 23.0 Å². The Kier molecular flexibility index (Phi) is 5.79. The number of aryl methyl sites for hydroxylation is 1. The van der Waals surface area contributed by atoms with Crippen molar-refractivity contribution in [3.63, 3.8) is 0 Å². The summed E-state index contributed by atoms with van der Waals surface area (Å²) in [5.74, 6) is -0.294. The summed E-state index contributed by atoms with van der Waals surface area (Å²) in [5.41, 5.74) is 1.13. The number of anilines is 1. The maximum atomic E-state index is 12.9. The smallest absolute Gasteiger partial charge is 0.274 e. The second-order valence-electron chi connectivity index (χ2n) is 5.63. The van der Waals surface area contributed by atoms with Crippen molar-refractivity contribution in [2.75, 3.05) is 5.32 Å². The van der Waals surface area contributed by atoms with Crippen molar-refractivity contribution in [3.05, 3.63) is 68.5 Å². The van der Waals surface area contributed by atoms with E-state index in [1.807, 2.05) is 6.07 Å². The van der Waals surface area contributed by atoms with Crippen LogP contribution in [0.3, 0.4) is 0 Å². The van der Waals surface area contributed by atoms with Crippen molar-refractivity contribution in [2.24, 2.45) is 0 Å². The summed E-state index contributed by atoms with van der Waals surface area (Å²) in [5, 5.41) is 15.5. The van der Waals surface area contributed by atoms with Crippen LogP contribution < -0.4 is 5.32 Å². The van der Waals surface area contributed by atoms with Crippen molar-refractivity contribution < 1.29 is 9.59 Å². The van der Waals surface area contributed by atoms with Gasteiger partial charge in [-0.3, -0.25) is 9.59 Å². The number of carbonyl (C=O) groups excluding carboxylic acids is 2. The van der Waals surface area contributed by atoms with Crippen LogP contribution in [-0.2, 0) is 0 Å². The van der Waals surface area contributed by atoms with E-state index in [9.17, 15) is 9.59 Å². The molecule has 1 amide bonds. The molecule has 10 heteroatoms. The van der Waals surface area contributed by atoms with Crippen LogP contribution in [-0.4, -0.2) is 25.9 Å². The van der Waals surface area contributed by atoms with Gasteiger partial charge in [0.1, 0.15) is 10.3 Å². The summed E-state index contributed by atoms with van der Waals surface area (Å²) in [6, 6.07) is 9.58. The highest BCUT2D eigenvalue weighted by Gasteiger charge is 2.22. The molecule has 1 N–H and O–H groups in total. The Labute approximate surface area is 178 Å². The van der Waals surface area contributed by atoms with Gasteiger partial charge in [0, 0.05) is 12.3 Å². The summed E-state index contributed by atoms with van der Waals surface area (Å²) < 4.78 is 1.67. The van der Waals surface area contributed by atoms with Crippen LogP contribution in [0.15, 0.2) is 41.1 Å². The molecule has 0 aliphatic heterocycles. The van der Waals surface area contributed by atoms with Gasteiger partial charge < -0.3 is 5.32 Å². The van der Waals surface area contributed by atoms with Gasteiger partial charge in [-0.1, -0.05) is 11.6 Å². The Bertz CT molecular complexity index is 1150. The van der Waals surface area contributed by atoms with Crippen LogP contribution in [0.4, 0.5) is 5.69 Å². The second kappa shape index (κ2) is 8.10. The molecule has 0 aliphatic rings. The van der Waals surface area contributed by atoms with Gasteiger partial charge in [0.25, 0.3) is 11.1 Å². The standard InChI is InChI=1S/C18H10BrCl2N5O2/c1-9-5-10(8-22)6-11(16(21)27)15(9)24-18(28)13-7-14(19)25-26(13)17-12(20)3-2-4-23-17/h2-7H,1H3,(H,24,28). The number of aromatic nitrogens is 3. The minimum atomic E-state index is -0.794. The molecule has 0 fully saturated rings. The Hall–Kier alpha value is -2.73. The third-order valence-electron chi connectivity index (χ3n) is 3.77. The molecule has 0 atom stereocenters. The summed E-state index contributed by atoms with van der Waals surface area (Å²) in [7, 11) is 0. The average Bonchev–Trinajstić information content (AvgIpc) is 3.04. The molecule has 0 saturated heterocycles. The first-order valence-electron chi connectivity index (χ1n) is 7.74. The van der Waals surface area contributed by atoms with E-state index in [2.05, 4.69) is 31.3 Å². The number of rotatable bonds is 4. The Morgan fingerprint density at radius 3 is 2.71 bits per heavy atom. The molecule has 28 heavy (non-hydrogen) atoms. The van der Waals surface area contributed by atoms with Gasteiger partial charge in [0.15, 0.2) is 5.82 Å². The fraction of sp³-hybridized carbons (Fsp3) is 0.0556. The van der Waals surface area contributed by atoms with Crippen LogP contribution in [0.5, 0.6) is 0 Å². The van der Waals surface area contributed by atoms with Crippen LogP contribution in [0, 0.1) is 18.3 Å². The molecule has 3 rings (SSSR count). The number of nitriles is 1. The summed E-state index contributed by atoms with van der Waals surface area (Å²) in [6.45, 7) is 1.66. The van der Waals surface area contributed by atoms with E-state index >= 15 is 0 Å². The first kappa shape index (κ1) is 20.0. The first-order valence-corrected chi connectivity index (χ1v) is 9.29. The molecule has 0 spiro atoms. The minimum Gasteiger partial charge on any atom is -0.320 e. The molecule has 2 aromatic heterocycles. The fourth-order valence-corrected chi connectivity index (χ4v) is 3.28. The number of hydrogen-bond acceptors (Lipinski definition) is 5. The van der Waals surface area contributed by atoms with Crippen molar-refractivity contribution in [1.29, 1.82) is 5.26 Å². The number of carbonyl (C=O) groups is 2. The van der Waals surface area contributed by atoms with E-state index in [-0.39, 0.29) is 28.3 Å². The zero-order valence-electron chi connectivity index (χ0n) is 14.2. The van der Waals surface area contributed by atoms with Crippen molar-refractivity contribution in [2.45, 2.75) is 6.92 Å². The monoisotopic (exact) mass is 477 g/mol. The van der Waals surface area contributed by atoms with Crippen LogP contribution >= 0.6 is 39.1 Å². The summed E-state index contributed by atoms with van der Waals surface area (Å²) in [6.07, 6.45) is 1.52. The van der Waals surface area contributed by atoms with Gasteiger partial charge >= 0.3 is 0 Å². The molecule has 0 unspecified atom stereocenters. The van der Waals surface area contributed by atoms with Crippen molar-refractivity contribution in [3.8, 4) is 11.9 Å². The highest BCUT2D eigenvalue weighted by molar-refractivity contribution is 9.10. The van der Waals surface area contributed by atoms with E-state index < -0.39 is 11.1 Å². The highest BCUT2D eigenvalue weighted by atomic mass is 79.9. The summed E-state index contributed by atoms with van der Waals surface area (Å²) in [4.78, 5) is 28.9. The Balaban J connectivity index is 2.06. The van der Waals surface area contributed by atoms with Crippen LogP contribution in [0.1, 0.15) is 32.0 Å². The van der Waals surface area contributed by atoms with Crippen LogP contribution in [0.2, 0.25) is 5.02 Å². The van der Waals surface area contributed by atoms with Gasteiger partial charge in [-0.15, -0.1) is 0 Å². The topological polar surface area (TPSA) is 101 Å². The Morgan fingerprint density at radius 2 is 2.07 bits per heavy atom. The number of pyridine rings is 1. The SMILES string of the molecule is Cc1cc(C#N)cc(C(=O)Cl)c1NC(=O)c1cc(Br)nn1-c1ncccc1Cl. The maximum absolute atomic E-state index is 12.9. The number of hydrogen-bond donors (Lipinski definition) is 1. The molecule has 0 radical (unpaired) electrons. The van der Waals surface area contributed by atoms with E-state index in [0.717, 1.165) is 0 Å². The van der Waals surface area contributed by atoms with Gasteiger partial charge in [0.2, 0.25) is 0 Å². The van der Waals surface area contributed by atoms with Gasteiger partial charge in [-0.25, -0.2) is 9.67 Å². The lowest BCUT2D eigenvalue weighted by atomic mass is 10.0. The van der Waals surface area contributed by atoms with Gasteiger partial charge in [-0.2, -0.15) is 10.4 Å². The lowest BCUT2D eigenvalue weighted by Crippen LogP contribution is -2.19. The largest absolute Gasteiger partial charge is 0.320 e. The summed E-state index contributed by atoms with van der Waals surface area (Å²) >= 11 is 15.0. The third-order valence-corrected chi connectivity index (χ3v) is 4.65. The predicted octanol–water partition coefficient (Wildman–Crippen LogP) is 4.49. The van der Waals surface area contributed by atoms with Gasteiger partial charge in [0.05, 0.1) is 27.9 Å². The third kappa shape index (κ3) is 3.92. The second-order valence-corrected chi connectivity index (χ2v) is 7.19. The average molecular weight is 479 g/mol. The van der Waals surface area contributed by atoms with Crippen molar-refractivity contribution in [1.82, 2.24) is 14.8 Å². The maximum Gasteiger partial charge on any atom is 0.274 e. The number of nitrogens with zero attached hydrogens (tertiary/aromatic N) is 4. The number of benzene rings is 1. The number of amides is 1. The number of halogens is 3. The first-order chi connectivity index (χ1) is 13.3. The molecule has 2 heterocycles. The molecule has 0 aliphatic carbocycles. The molecule has 140 valence electrons. The van der Waals surface area contributed by atoms with Gasteiger partial charge in [-0.05, 0) is 64.3 Å². The molecule has 3 aromatic rings. The van der Waals surface area contributed by atoms with Crippen LogP contribution in [0.25, 0.3) is 5.82 Å². The number of nitrogens with one attached hydrogen (secondary N) is 1. The zero-order chi connectivity index (χ0) is 20.4. The zero-order valence-corrected chi connectivity index (χ0v) is 17.3. The van der Waals surface area contributed by atoms with Crippen molar-refractivity contribution >= 4 is 56.0 Å². The Morgan fingerprint density at radius 1 is 1.32 bits per heavy atom. The van der Waals surface area contributed by atoms with E-state index in [4.69, 9.17) is 28.5 Å². The molecule has 1 aromatic carbocycles. The normalized spacial score (nSPS) is 10.4. The predicted molar refractivity (Wildman–Crippen MR) is 108 cm³/mol. The minimum absolute atomic E-state index is 0.0209. The molecular weight excluding hydrogens is 469 g/mol. The lowest BCUT2D eigenvalue weighted by Gasteiger charge is -2.13. The van der Waals surface area contributed by atoms with E-state index in [1.54, 1.807) is 25.1 Å².